The Morgan fingerprint density at radius 3 is 2.05 bits per heavy atom. The van der Waals surface area contributed by atoms with Crippen LogP contribution in [-0.4, -0.2) is 16.2 Å². The predicted molar refractivity (Wildman–Crippen MR) is 81.2 cm³/mol. The molecule has 0 fully saturated rings. The van der Waals surface area contributed by atoms with Crippen molar-refractivity contribution in [1.29, 1.82) is 0 Å². The molecule has 96 valence electrons. The number of benzene rings is 2. The fourth-order valence-electron chi connectivity index (χ4n) is 1.88. The van der Waals surface area contributed by atoms with Crippen LogP contribution in [0.4, 0.5) is 5.95 Å². The lowest BCUT2D eigenvalue weighted by Gasteiger charge is -2.01. The maximum atomic E-state index is 4.23. The maximum absolute atomic E-state index is 4.23. The summed E-state index contributed by atoms with van der Waals surface area (Å²) in [6, 6.07) is 20.3. The van der Waals surface area contributed by atoms with E-state index in [0.717, 1.165) is 5.56 Å². The highest BCUT2D eigenvalue weighted by atomic mass is 15.0. The average molecular weight is 259 g/mol. The number of hydrogen-bond donors (Lipinski definition) is 0. The van der Waals surface area contributed by atoms with Gasteiger partial charge in [0.2, 0.25) is 5.95 Å². The second-order valence-corrected chi connectivity index (χ2v) is 4.30. The van der Waals surface area contributed by atoms with Crippen LogP contribution in [0.2, 0.25) is 0 Å². The second kappa shape index (κ2) is 5.89. The van der Waals surface area contributed by atoms with Crippen LogP contribution in [0.3, 0.4) is 0 Å². The molecular formula is C17H13N3. The first kappa shape index (κ1) is 12.2. The Bertz CT molecular complexity index is 689. The predicted octanol–water partition coefficient (Wildman–Crippen LogP) is 3.89. The first-order valence-electron chi connectivity index (χ1n) is 6.38. The minimum atomic E-state index is 0.472. The fourth-order valence-corrected chi connectivity index (χ4v) is 1.88. The first-order valence-corrected chi connectivity index (χ1v) is 6.38. The van der Waals surface area contributed by atoms with E-state index in [1.807, 2.05) is 30.3 Å². The summed E-state index contributed by atoms with van der Waals surface area (Å²) in [6.07, 6.45) is 5.13. The molecule has 0 saturated heterocycles. The van der Waals surface area contributed by atoms with Gasteiger partial charge in [0.15, 0.2) is 0 Å². The van der Waals surface area contributed by atoms with Crippen LogP contribution in [0, 0.1) is 0 Å². The molecule has 2 aromatic carbocycles. The molecule has 3 nitrogen and oxygen atoms in total. The number of nitrogens with zero attached hydrogens (tertiary/aromatic N) is 3. The van der Waals surface area contributed by atoms with Crippen LogP contribution in [0.1, 0.15) is 5.56 Å². The van der Waals surface area contributed by atoms with Crippen LogP contribution in [0.5, 0.6) is 0 Å². The monoisotopic (exact) mass is 259 g/mol. The summed E-state index contributed by atoms with van der Waals surface area (Å²) in [7, 11) is 0. The summed E-state index contributed by atoms with van der Waals surface area (Å²) in [5.74, 6) is 0.472. The standard InChI is InChI=1S/C17H13N3/c1-2-5-15(6-3-1)16-9-7-14(8-10-16)13-20-17-18-11-4-12-19-17/h1-13H/b20-13+. The van der Waals surface area contributed by atoms with Crippen molar-refractivity contribution in [3.05, 3.63) is 78.6 Å². The van der Waals surface area contributed by atoms with E-state index in [1.54, 1.807) is 24.7 Å². The van der Waals surface area contributed by atoms with E-state index in [1.165, 1.54) is 11.1 Å². The first-order chi connectivity index (χ1) is 9.92. The third kappa shape index (κ3) is 2.95. The Kier molecular flexibility index (Phi) is 3.60. The van der Waals surface area contributed by atoms with Gasteiger partial charge in [-0.2, -0.15) is 0 Å². The van der Waals surface area contributed by atoms with Crippen LogP contribution in [0.25, 0.3) is 11.1 Å². The van der Waals surface area contributed by atoms with E-state index in [-0.39, 0.29) is 0 Å². The van der Waals surface area contributed by atoms with Crippen LogP contribution in [0.15, 0.2) is 78.0 Å². The molecule has 1 aromatic heterocycles. The Hall–Kier alpha value is -2.81. The van der Waals surface area contributed by atoms with E-state index in [4.69, 9.17) is 0 Å². The smallest absolute Gasteiger partial charge is 0.220 e. The van der Waals surface area contributed by atoms with Gasteiger partial charge in [0.05, 0.1) is 0 Å². The normalized spacial score (nSPS) is 10.8. The molecule has 3 heteroatoms. The van der Waals surface area contributed by atoms with E-state index in [2.05, 4.69) is 39.2 Å². The molecule has 1 heterocycles. The van der Waals surface area contributed by atoms with Crippen LogP contribution in [-0.2, 0) is 0 Å². The number of rotatable bonds is 3. The molecule has 0 unspecified atom stereocenters. The molecular weight excluding hydrogens is 246 g/mol. The molecule has 0 saturated carbocycles. The van der Waals surface area contributed by atoms with Gasteiger partial charge in [0.25, 0.3) is 0 Å². The minimum absolute atomic E-state index is 0.472. The highest BCUT2D eigenvalue weighted by Gasteiger charge is 1.96. The molecule has 0 amide bonds. The zero-order valence-electron chi connectivity index (χ0n) is 10.8. The number of aliphatic imine (C=N–C) groups is 1. The molecule has 0 atom stereocenters. The molecule has 0 bridgehead atoms. The topological polar surface area (TPSA) is 38.1 Å². The van der Waals surface area contributed by atoms with Gasteiger partial charge in [-0.1, -0.05) is 54.6 Å². The molecule has 0 N–H and O–H groups in total. The SMILES string of the molecule is C(=N\c1ncccn1)/c1ccc(-c2ccccc2)cc1. The summed E-state index contributed by atoms with van der Waals surface area (Å²) in [4.78, 5) is 12.3. The lowest BCUT2D eigenvalue weighted by molar-refractivity contribution is 1.14. The molecule has 0 aliphatic carbocycles. The van der Waals surface area contributed by atoms with Gasteiger partial charge >= 0.3 is 0 Å². The van der Waals surface area contributed by atoms with Gasteiger partial charge in [-0.3, -0.25) is 0 Å². The number of hydrogen-bond acceptors (Lipinski definition) is 3. The van der Waals surface area contributed by atoms with E-state index < -0.39 is 0 Å². The Morgan fingerprint density at radius 1 is 0.700 bits per heavy atom. The quantitative estimate of drug-likeness (QED) is 0.669. The van der Waals surface area contributed by atoms with Gasteiger partial charge in [-0.15, -0.1) is 0 Å². The van der Waals surface area contributed by atoms with Crippen molar-refractivity contribution < 1.29 is 0 Å². The zero-order chi connectivity index (χ0) is 13.6. The van der Waals surface area contributed by atoms with E-state index >= 15 is 0 Å². The zero-order valence-corrected chi connectivity index (χ0v) is 10.8. The summed E-state index contributed by atoms with van der Waals surface area (Å²) in [6.45, 7) is 0. The summed E-state index contributed by atoms with van der Waals surface area (Å²) in [5, 5.41) is 0. The Balaban J connectivity index is 1.79. The van der Waals surface area contributed by atoms with Crippen molar-refractivity contribution in [3.8, 4) is 11.1 Å². The summed E-state index contributed by atoms with van der Waals surface area (Å²) in [5.41, 5.74) is 3.43. The van der Waals surface area contributed by atoms with Gasteiger partial charge in [-0.25, -0.2) is 15.0 Å². The molecule has 3 rings (SSSR count). The fraction of sp³-hybridized carbons (Fsp3) is 0. The van der Waals surface area contributed by atoms with Crippen molar-refractivity contribution in [1.82, 2.24) is 9.97 Å². The minimum Gasteiger partial charge on any atom is -0.220 e. The summed E-state index contributed by atoms with van der Waals surface area (Å²) < 4.78 is 0. The van der Waals surface area contributed by atoms with Crippen molar-refractivity contribution >= 4 is 12.2 Å². The third-order valence-corrected chi connectivity index (χ3v) is 2.90. The van der Waals surface area contributed by atoms with Crippen molar-refractivity contribution in [3.63, 3.8) is 0 Å². The lowest BCUT2D eigenvalue weighted by atomic mass is 10.0. The maximum Gasteiger partial charge on any atom is 0.249 e. The van der Waals surface area contributed by atoms with Gasteiger partial charge in [0.1, 0.15) is 0 Å². The van der Waals surface area contributed by atoms with Crippen LogP contribution < -0.4 is 0 Å². The average Bonchev–Trinajstić information content (AvgIpc) is 2.55. The van der Waals surface area contributed by atoms with Crippen LogP contribution >= 0.6 is 0 Å². The lowest BCUT2D eigenvalue weighted by Crippen LogP contribution is -1.84. The van der Waals surface area contributed by atoms with Crippen molar-refractivity contribution in [2.24, 2.45) is 4.99 Å². The van der Waals surface area contributed by atoms with Crippen molar-refractivity contribution in [2.75, 3.05) is 0 Å². The second-order valence-electron chi connectivity index (χ2n) is 4.30. The molecule has 0 radical (unpaired) electrons. The third-order valence-electron chi connectivity index (χ3n) is 2.90. The molecule has 20 heavy (non-hydrogen) atoms. The van der Waals surface area contributed by atoms with Crippen molar-refractivity contribution in [2.45, 2.75) is 0 Å². The molecule has 0 aliphatic heterocycles. The van der Waals surface area contributed by atoms with Gasteiger partial charge in [0, 0.05) is 18.6 Å². The Morgan fingerprint density at radius 2 is 1.35 bits per heavy atom. The highest BCUT2D eigenvalue weighted by molar-refractivity contribution is 5.82. The molecule has 0 aliphatic rings. The van der Waals surface area contributed by atoms with Gasteiger partial charge in [-0.05, 0) is 22.8 Å². The Labute approximate surface area is 117 Å². The van der Waals surface area contributed by atoms with E-state index in [0.29, 0.717) is 5.95 Å². The molecule has 3 aromatic rings. The van der Waals surface area contributed by atoms with Gasteiger partial charge < -0.3 is 0 Å². The molecule has 0 spiro atoms. The number of aromatic nitrogens is 2. The largest absolute Gasteiger partial charge is 0.249 e. The highest BCUT2D eigenvalue weighted by Crippen LogP contribution is 2.18. The van der Waals surface area contributed by atoms with E-state index in [9.17, 15) is 0 Å². The summed E-state index contributed by atoms with van der Waals surface area (Å²) >= 11 is 0.